The summed E-state index contributed by atoms with van der Waals surface area (Å²) in [6.45, 7) is 2.28. The van der Waals surface area contributed by atoms with E-state index in [-0.39, 0.29) is 5.97 Å². The Morgan fingerprint density at radius 1 is 0.615 bits per heavy atom. The van der Waals surface area contributed by atoms with Gasteiger partial charge in [0.15, 0.2) is 0 Å². The summed E-state index contributed by atoms with van der Waals surface area (Å²) in [5, 5.41) is 0. The Morgan fingerprint density at radius 3 is 1.54 bits per heavy atom. The van der Waals surface area contributed by atoms with Crippen molar-refractivity contribution in [1.82, 2.24) is 0 Å². The number of carbonyl (C=O) groups excluding carboxylic acids is 1. The number of methoxy groups -OCH3 is 1. The van der Waals surface area contributed by atoms with E-state index < -0.39 is 0 Å². The molecule has 0 spiro atoms. The Morgan fingerprint density at radius 2 is 1.04 bits per heavy atom. The van der Waals surface area contributed by atoms with E-state index in [0.29, 0.717) is 6.42 Å². The van der Waals surface area contributed by atoms with Crippen molar-refractivity contribution < 1.29 is 9.53 Å². The monoisotopic (exact) mass is 364 g/mol. The van der Waals surface area contributed by atoms with Crippen molar-refractivity contribution in [3.63, 3.8) is 0 Å². The Balaban J connectivity index is 3.18. The van der Waals surface area contributed by atoms with Gasteiger partial charge in [-0.3, -0.25) is 4.79 Å². The third kappa shape index (κ3) is 21.0. The van der Waals surface area contributed by atoms with Gasteiger partial charge in [-0.05, 0) is 38.5 Å². The first-order valence-electron chi connectivity index (χ1n) is 11.2. The van der Waals surface area contributed by atoms with Crippen LogP contribution in [-0.2, 0) is 9.53 Å². The molecule has 0 saturated carbocycles. The van der Waals surface area contributed by atoms with Crippen LogP contribution in [0.15, 0.2) is 24.3 Å². The van der Waals surface area contributed by atoms with Crippen LogP contribution in [0.3, 0.4) is 0 Å². The largest absolute Gasteiger partial charge is 0.469 e. The first-order valence-corrected chi connectivity index (χ1v) is 11.2. The lowest BCUT2D eigenvalue weighted by molar-refractivity contribution is -0.140. The zero-order chi connectivity index (χ0) is 19.1. The molecule has 0 radical (unpaired) electrons. The molecule has 0 aliphatic carbocycles. The van der Waals surface area contributed by atoms with Gasteiger partial charge in [0.25, 0.3) is 0 Å². The topological polar surface area (TPSA) is 26.3 Å². The first-order chi connectivity index (χ1) is 12.8. The van der Waals surface area contributed by atoms with Crippen molar-refractivity contribution >= 4 is 5.97 Å². The van der Waals surface area contributed by atoms with Gasteiger partial charge in [0, 0.05) is 6.42 Å². The van der Waals surface area contributed by atoms with Crippen molar-refractivity contribution in [2.24, 2.45) is 0 Å². The number of allylic oxidation sites excluding steroid dienone is 4. The van der Waals surface area contributed by atoms with E-state index in [1.807, 2.05) is 0 Å². The Bertz CT molecular complexity index is 344. The van der Waals surface area contributed by atoms with E-state index in [0.717, 1.165) is 25.7 Å². The maximum absolute atomic E-state index is 10.9. The summed E-state index contributed by atoms with van der Waals surface area (Å²) in [6.07, 6.45) is 30.5. The summed E-state index contributed by atoms with van der Waals surface area (Å²) in [4.78, 5) is 10.9. The molecule has 152 valence electrons. The molecule has 0 N–H and O–H groups in total. The highest BCUT2D eigenvalue weighted by atomic mass is 16.5. The van der Waals surface area contributed by atoms with Crippen LogP contribution in [0.4, 0.5) is 0 Å². The van der Waals surface area contributed by atoms with Gasteiger partial charge < -0.3 is 4.74 Å². The predicted molar refractivity (Wildman–Crippen MR) is 114 cm³/mol. The van der Waals surface area contributed by atoms with Crippen LogP contribution in [0.25, 0.3) is 0 Å². The molecule has 2 nitrogen and oxygen atoms in total. The van der Waals surface area contributed by atoms with E-state index in [2.05, 4.69) is 36.0 Å². The second-order valence-electron chi connectivity index (χ2n) is 7.31. The van der Waals surface area contributed by atoms with Gasteiger partial charge in [-0.25, -0.2) is 0 Å². The van der Waals surface area contributed by atoms with Gasteiger partial charge >= 0.3 is 5.97 Å². The molecule has 0 heterocycles. The highest BCUT2D eigenvalue weighted by Crippen LogP contribution is 2.12. The number of esters is 1. The van der Waals surface area contributed by atoms with E-state index in [4.69, 9.17) is 0 Å². The van der Waals surface area contributed by atoms with Crippen LogP contribution in [0.2, 0.25) is 0 Å². The molecule has 0 saturated heterocycles. The molecule has 0 aliphatic rings. The fraction of sp³-hybridized carbons (Fsp3) is 0.792. The Hall–Kier alpha value is -1.05. The van der Waals surface area contributed by atoms with Gasteiger partial charge in [0.2, 0.25) is 0 Å². The van der Waals surface area contributed by atoms with Crippen molar-refractivity contribution in [2.45, 2.75) is 116 Å². The highest BCUT2D eigenvalue weighted by Gasteiger charge is 1.96. The normalized spacial score (nSPS) is 11.6. The summed E-state index contributed by atoms with van der Waals surface area (Å²) in [5.41, 5.74) is 0. The van der Waals surface area contributed by atoms with Gasteiger partial charge in [-0.1, -0.05) is 95.4 Å². The van der Waals surface area contributed by atoms with Crippen molar-refractivity contribution in [3.05, 3.63) is 24.3 Å². The van der Waals surface area contributed by atoms with Crippen LogP contribution < -0.4 is 0 Å². The molecule has 0 aliphatic heterocycles. The van der Waals surface area contributed by atoms with Crippen LogP contribution in [0.1, 0.15) is 116 Å². The third-order valence-electron chi connectivity index (χ3n) is 4.79. The van der Waals surface area contributed by atoms with Crippen LogP contribution in [0.5, 0.6) is 0 Å². The van der Waals surface area contributed by atoms with Crippen LogP contribution in [0, 0.1) is 0 Å². The minimum Gasteiger partial charge on any atom is -0.469 e. The van der Waals surface area contributed by atoms with E-state index in [9.17, 15) is 4.79 Å². The van der Waals surface area contributed by atoms with Crippen molar-refractivity contribution in [3.8, 4) is 0 Å². The molecule has 0 aromatic heterocycles. The lowest BCUT2D eigenvalue weighted by Gasteiger charge is -2.01. The smallest absolute Gasteiger partial charge is 0.305 e. The van der Waals surface area contributed by atoms with Gasteiger partial charge in [0.1, 0.15) is 0 Å². The van der Waals surface area contributed by atoms with E-state index >= 15 is 0 Å². The molecule has 0 atom stereocenters. The fourth-order valence-electron chi connectivity index (χ4n) is 3.06. The maximum Gasteiger partial charge on any atom is 0.305 e. The molecule has 0 aromatic carbocycles. The van der Waals surface area contributed by atoms with Crippen LogP contribution in [-0.4, -0.2) is 13.1 Å². The minimum atomic E-state index is -0.108. The van der Waals surface area contributed by atoms with Crippen LogP contribution >= 0.6 is 0 Å². The minimum absolute atomic E-state index is 0.108. The second kappa shape index (κ2) is 22.0. The number of unbranched alkanes of at least 4 members (excludes halogenated alkanes) is 13. The first kappa shape index (κ1) is 24.9. The highest BCUT2D eigenvalue weighted by molar-refractivity contribution is 5.68. The molecule has 0 unspecified atom stereocenters. The molecule has 0 aromatic rings. The quantitative estimate of drug-likeness (QED) is 0.132. The summed E-state index contributed by atoms with van der Waals surface area (Å²) in [5.74, 6) is -0.108. The number of ether oxygens (including phenoxy) is 1. The molecule has 0 fully saturated rings. The van der Waals surface area contributed by atoms with Gasteiger partial charge in [0.05, 0.1) is 7.11 Å². The average Bonchev–Trinajstić information content (AvgIpc) is 2.66. The standard InChI is InChI=1S/C24H44O2/c1-3-4-5-6-7-8-9-10-11-12-13-14-15-16-17-18-19-20-21-22-23-24(25)26-2/h15-16,19-20H,3-14,17-18,21-23H2,1-2H3. The molecule has 0 bridgehead atoms. The summed E-state index contributed by atoms with van der Waals surface area (Å²) < 4.78 is 4.62. The molecule has 2 heteroatoms. The lowest BCUT2D eigenvalue weighted by atomic mass is 10.1. The number of hydrogen-bond donors (Lipinski definition) is 0. The SMILES string of the molecule is CCCCCCCCCCCCCC=CCCC=CCCCC(=O)OC. The van der Waals surface area contributed by atoms with Gasteiger partial charge in [-0.2, -0.15) is 0 Å². The summed E-state index contributed by atoms with van der Waals surface area (Å²) >= 11 is 0. The summed E-state index contributed by atoms with van der Waals surface area (Å²) in [7, 11) is 1.45. The Labute approximate surface area is 163 Å². The van der Waals surface area contributed by atoms with E-state index in [1.165, 1.54) is 84.2 Å². The number of rotatable bonds is 19. The third-order valence-corrected chi connectivity index (χ3v) is 4.79. The fourth-order valence-corrected chi connectivity index (χ4v) is 3.06. The number of carbonyl (C=O) groups is 1. The van der Waals surface area contributed by atoms with E-state index in [1.54, 1.807) is 0 Å². The Kier molecular flexibility index (Phi) is 21.1. The molecule has 0 rings (SSSR count). The number of hydrogen-bond acceptors (Lipinski definition) is 2. The van der Waals surface area contributed by atoms with Crippen molar-refractivity contribution in [1.29, 1.82) is 0 Å². The molecule has 26 heavy (non-hydrogen) atoms. The predicted octanol–water partition coefficient (Wildman–Crippen LogP) is 7.92. The second-order valence-corrected chi connectivity index (χ2v) is 7.31. The lowest BCUT2D eigenvalue weighted by Crippen LogP contribution is -1.98. The van der Waals surface area contributed by atoms with Gasteiger partial charge in [-0.15, -0.1) is 0 Å². The zero-order valence-electron chi connectivity index (χ0n) is 17.6. The zero-order valence-corrected chi connectivity index (χ0v) is 17.6. The molecular formula is C24H44O2. The summed E-state index contributed by atoms with van der Waals surface area (Å²) in [6, 6.07) is 0. The average molecular weight is 365 g/mol. The maximum atomic E-state index is 10.9. The molecule has 0 amide bonds. The van der Waals surface area contributed by atoms with Crippen molar-refractivity contribution in [2.75, 3.05) is 7.11 Å². The molecular weight excluding hydrogens is 320 g/mol.